The summed E-state index contributed by atoms with van der Waals surface area (Å²) in [4.78, 5) is 13.9. The summed E-state index contributed by atoms with van der Waals surface area (Å²) in [5.74, 6) is 0.331. The second-order valence-electron chi connectivity index (χ2n) is 5.64. The molecule has 0 atom stereocenters. The highest BCUT2D eigenvalue weighted by Crippen LogP contribution is 2.31. The number of sulfonamides is 1. The molecule has 1 aromatic rings. The summed E-state index contributed by atoms with van der Waals surface area (Å²) >= 11 is 0. The molecule has 116 valence electrons. The lowest BCUT2D eigenvalue weighted by molar-refractivity contribution is -0.133. The van der Waals surface area contributed by atoms with Crippen molar-refractivity contribution in [3.63, 3.8) is 0 Å². The molecule has 1 heterocycles. The molecule has 1 aliphatic heterocycles. The van der Waals surface area contributed by atoms with E-state index in [1.165, 1.54) is 28.6 Å². The second kappa shape index (κ2) is 5.71. The summed E-state index contributed by atoms with van der Waals surface area (Å²) in [5, 5.41) is 8.76. The monoisotopic (exact) mass is 319 g/mol. The van der Waals surface area contributed by atoms with E-state index in [0.29, 0.717) is 31.7 Å². The first kappa shape index (κ1) is 15.0. The molecule has 0 bridgehead atoms. The van der Waals surface area contributed by atoms with Gasteiger partial charge in [-0.05, 0) is 37.1 Å². The average Bonchev–Trinajstić information content (AvgIpc) is 3.39. The summed E-state index contributed by atoms with van der Waals surface area (Å²) in [6, 6.07) is 7.87. The molecule has 7 heteroatoms. The van der Waals surface area contributed by atoms with Crippen molar-refractivity contribution in [2.75, 3.05) is 26.2 Å². The van der Waals surface area contributed by atoms with Gasteiger partial charge in [0.25, 0.3) is 0 Å². The molecule has 22 heavy (non-hydrogen) atoms. The molecule has 3 rings (SSSR count). The largest absolute Gasteiger partial charge is 0.340 e. The van der Waals surface area contributed by atoms with Crippen molar-refractivity contribution < 1.29 is 13.2 Å². The minimum Gasteiger partial charge on any atom is -0.340 e. The van der Waals surface area contributed by atoms with Crippen molar-refractivity contribution in [3.8, 4) is 6.07 Å². The third-order valence-corrected chi connectivity index (χ3v) is 6.01. The van der Waals surface area contributed by atoms with E-state index in [9.17, 15) is 13.2 Å². The number of rotatable bonds is 3. The molecular formula is C15H17N3O3S. The van der Waals surface area contributed by atoms with Crippen LogP contribution in [0.4, 0.5) is 0 Å². The molecule has 1 amide bonds. The summed E-state index contributed by atoms with van der Waals surface area (Å²) < 4.78 is 26.5. The Labute approximate surface area is 130 Å². The van der Waals surface area contributed by atoms with E-state index < -0.39 is 10.0 Å². The fraction of sp³-hybridized carbons (Fsp3) is 0.467. The van der Waals surface area contributed by atoms with Gasteiger partial charge in [0.1, 0.15) is 0 Å². The zero-order chi connectivity index (χ0) is 15.7. The predicted molar refractivity (Wildman–Crippen MR) is 79.2 cm³/mol. The number of benzene rings is 1. The lowest BCUT2D eigenvalue weighted by atomic mass is 10.2. The van der Waals surface area contributed by atoms with E-state index in [1.807, 2.05) is 6.07 Å². The summed E-state index contributed by atoms with van der Waals surface area (Å²) in [7, 11) is -3.55. The van der Waals surface area contributed by atoms with Gasteiger partial charge in [0.05, 0.1) is 16.5 Å². The first-order valence-corrected chi connectivity index (χ1v) is 8.75. The Hall–Kier alpha value is -1.91. The van der Waals surface area contributed by atoms with Crippen molar-refractivity contribution in [1.82, 2.24) is 9.21 Å². The van der Waals surface area contributed by atoms with Gasteiger partial charge in [0.15, 0.2) is 0 Å². The van der Waals surface area contributed by atoms with Crippen LogP contribution in [0.2, 0.25) is 0 Å². The van der Waals surface area contributed by atoms with Crippen LogP contribution in [-0.4, -0.2) is 49.7 Å². The van der Waals surface area contributed by atoms with Gasteiger partial charge in [0, 0.05) is 32.1 Å². The third-order valence-electron chi connectivity index (χ3n) is 4.10. The molecular weight excluding hydrogens is 302 g/mol. The Morgan fingerprint density at radius 1 is 1.09 bits per heavy atom. The average molecular weight is 319 g/mol. The Morgan fingerprint density at radius 3 is 2.18 bits per heavy atom. The van der Waals surface area contributed by atoms with Gasteiger partial charge in [-0.1, -0.05) is 0 Å². The Balaban J connectivity index is 1.68. The van der Waals surface area contributed by atoms with Crippen molar-refractivity contribution in [1.29, 1.82) is 5.26 Å². The Morgan fingerprint density at radius 2 is 1.68 bits per heavy atom. The zero-order valence-corrected chi connectivity index (χ0v) is 12.9. The van der Waals surface area contributed by atoms with Crippen LogP contribution in [0.5, 0.6) is 0 Å². The van der Waals surface area contributed by atoms with Crippen molar-refractivity contribution in [2.24, 2.45) is 5.92 Å². The number of hydrogen-bond donors (Lipinski definition) is 0. The fourth-order valence-corrected chi connectivity index (χ4v) is 4.01. The van der Waals surface area contributed by atoms with Crippen molar-refractivity contribution >= 4 is 15.9 Å². The first-order valence-electron chi connectivity index (χ1n) is 7.31. The molecule has 0 spiro atoms. The number of nitriles is 1. The van der Waals surface area contributed by atoms with Crippen LogP contribution < -0.4 is 0 Å². The van der Waals surface area contributed by atoms with Gasteiger partial charge in [-0.3, -0.25) is 4.79 Å². The lowest BCUT2D eigenvalue weighted by Gasteiger charge is -2.34. The smallest absolute Gasteiger partial charge is 0.243 e. The normalized spacial score (nSPS) is 19.7. The van der Waals surface area contributed by atoms with E-state index in [1.54, 1.807) is 4.90 Å². The maximum atomic E-state index is 12.5. The van der Waals surface area contributed by atoms with Crippen LogP contribution in [0, 0.1) is 17.2 Å². The van der Waals surface area contributed by atoms with Crippen LogP contribution >= 0.6 is 0 Å². The topological polar surface area (TPSA) is 81.5 Å². The van der Waals surface area contributed by atoms with Crippen molar-refractivity contribution in [2.45, 2.75) is 17.7 Å². The van der Waals surface area contributed by atoms with Gasteiger partial charge in [-0.25, -0.2) is 8.42 Å². The summed E-state index contributed by atoms with van der Waals surface area (Å²) in [6.45, 7) is 1.54. The molecule has 1 aliphatic carbocycles. The number of carbonyl (C=O) groups is 1. The Kier molecular flexibility index (Phi) is 3.89. The molecule has 2 aliphatic rings. The van der Waals surface area contributed by atoms with Gasteiger partial charge in [0.2, 0.25) is 15.9 Å². The molecule has 2 fully saturated rings. The molecule has 0 N–H and O–H groups in total. The van der Waals surface area contributed by atoms with Crippen LogP contribution in [0.15, 0.2) is 29.2 Å². The highest BCUT2D eigenvalue weighted by Gasteiger charge is 2.36. The van der Waals surface area contributed by atoms with E-state index in [2.05, 4.69) is 0 Å². The number of nitrogens with zero attached hydrogens (tertiary/aromatic N) is 3. The van der Waals surface area contributed by atoms with Crippen molar-refractivity contribution in [3.05, 3.63) is 29.8 Å². The summed E-state index contributed by atoms with van der Waals surface area (Å²) in [5.41, 5.74) is 0.429. The van der Waals surface area contributed by atoms with E-state index >= 15 is 0 Å². The number of hydrogen-bond acceptors (Lipinski definition) is 4. The number of piperazine rings is 1. The van der Waals surface area contributed by atoms with Crippen LogP contribution in [-0.2, 0) is 14.8 Å². The maximum Gasteiger partial charge on any atom is 0.243 e. The van der Waals surface area contributed by atoms with E-state index in [0.717, 1.165) is 12.8 Å². The molecule has 1 saturated carbocycles. The summed E-state index contributed by atoms with van der Waals surface area (Å²) in [6.07, 6.45) is 1.92. The Bertz CT molecular complexity index is 709. The molecule has 0 unspecified atom stereocenters. The minimum absolute atomic E-state index is 0.162. The first-order chi connectivity index (χ1) is 10.5. The van der Waals surface area contributed by atoms with Crippen LogP contribution in [0.3, 0.4) is 0 Å². The number of amides is 1. The van der Waals surface area contributed by atoms with Crippen LogP contribution in [0.25, 0.3) is 0 Å². The highest BCUT2D eigenvalue weighted by atomic mass is 32.2. The molecule has 6 nitrogen and oxygen atoms in total. The quantitative estimate of drug-likeness (QED) is 0.825. The van der Waals surface area contributed by atoms with Gasteiger partial charge >= 0.3 is 0 Å². The predicted octanol–water partition coefficient (Wildman–Crippen LogP) is 0.801. The fourth-order valence-electron chi connectivity index (χ4n) is 2.59. The molecule has 1 saturated heterocycles. The van der Waals surface area contributed by atoms with E-state index in [4.69, 9.17) is 5.26 Å². The van der Waals surface area contributed by atoms with Gasteiger partial charge < -0.3 is 4.90 Å². The molecule has 1 aromatic carbocycles. The second-order valence-corrected chi connectivity index (χ2v) is 7.58. The lowest BCUT2D eigenvalue weighted by Crippen LogP contribution is -2.50. The molecule has 0 radical (unpaired) electrons. The number of carbonyl (C=O) groups excluding carboxylic acids is 1. The van der Waals surface area contributed by atoms with E-state index in [-0.39, 0.29) is 16.7 Å². The highest BCUT2D eigenvalue weighted by molar-refractivity contribution is 7.89. The zero-order valence-electron chi connectivity index (χ0n) is 12.1. The van der Waals surface area contributed by atoms with Crippen LogP contribution in [0.1, 0.15) is 18.4 Å². The SMILES string of the molecule is N#Cc1ccc(S(=O)(=O)N2CCN(C(=O)C3CC3)CC2)cc1. The standard InChI is InChI=1S/C15H17N3O3S/c16-11-12-1-5-14(6-2-12)22(20,21)18-9-7-17(8-10-18)15(19)13-3-4-13/h1-2,5-6,13H,3-4,7-10H2. The third kappa shape index (κ3) is 2.85. The van der Waals surface area contributed by atoms with Gasteiger partial charge in [-0.2, -0.15) is 9.57 Å². The minimum atomic E-state index is -3.55. The van der Waals surface area contributed by atoms with Gasteiger partial charge in [-0.15, -0.1) is 0 Å². The maximum absolute atomic E-state index is 12.5. The molecule has 0 aromatic heterocycles.